The fraction of sp³-hybridized carbons (Fsp3) is 0.300. The van der Waals surface area contributed by atoms with Gasteiger partial charge >= 0.3 is 6.09 Å². The van der Waals surface area contributed by atoms with E-state index in [0.29, 0.717) is 12.5 Å². The number of benzene rings is 3. The minimum atomic E-state index is -0.244. The highest BCUT2D eigenvalue weighted by Crippen LogP contribution is 2.36. The molecule has 1 amide bonds. The quantitative estimate of drug-likeness (QED) is 0.402. The van der Waals surface area contributed by atoms with Crippen LogP contribution in [0.2, 0.25) is 0 Å². The van der Waals surface area contributed by atoms with Crippen LogP contribution in [0, 0.1) is 5.92 Å². The Labute approximate surface area is 202 Å². The Balaban J connectivity index is 1.28. The van der Waals surface area contributed by atoms with E-state index in [4.69, 9.17) is 4.74 Å². The van der Waals surface area contributed by atoms with E-state index in [0.717, 1.165) is 41.7 Å². The highest BCUT2D eigenvalue weighted by molar-refractivity contribution is 5.87. The predicted molar refractivity (Wildman–Crippen MR) is 137 cm³/mol. The van der Waals surface area contributed by atoms with Gasteiger partial charge in [-0.2, -0.15) is 0 Å². The minimum absolute atomic E-state index is 0.0258. The first kappa shape index (κ1) is 22.4. The molecule has 0 aromatic heterocycles. The number of para-hydroxylation sites is 1. The molecule has 0 aliphatic carbocycles. The predicted octanol–water partition coefficient (Wildman–Crippen LogP) is 6.15. The third kappa shape index (κ3) is 5.23. The van der Waals surface area contributed by atoms with Gasteiger partial charge in [-0.1, -0.05) is 84.9 Å². The van der Waals surface area contributed by atoms with Crippen LogP contribution in [0.5, 0.6) is 0 Å². The molecule has 3 aromatic rings. The zero-order chi connectivity index (χ0) is 23.2. The topological polar surface area (TPSA) is 29.5 Å². The van der Waals surface area contributed by atoms with Crippen molar-refractivity contribution in [3.05, 3.63) is 108 Å². The molecule has 0 radical (unpaired) electrons. The lowest BCUT2D eigenvalue weighted by Gasteiger charge is -2.51. The van der Waals surface area contributed by atoms with Crippen molar-refractivity contribution in [3.63, 3.8) is 0 Å². The Morgan fingerprint density at radius 3 is 2.18 bits per heavy atom. The van der Waals surface area contributed by atoms with Crippen molar-refractivity contribution in [1.29, 1.82) is 0 Å². The van der Waals surface area contributed by atoms with E-state index in [2.05, 4.69) is 48.6 Å². The van der Waals surface area contributed by atoms with Crippen LogP contribution < -0.4 is 4.90 Å². The molecule has 3 saturated heterocycles. The molecule has 3 aliphatic rings. The second-order valence-electron chi connectivity index (χ2n) is 9.63. The number of amides is 1. The van der Waals surface area contributed by atoms with Crippen molar-refractivity contribution >= 4 is 17.9 Å². The number of anilines is 1. The fourth-order valence-electron chi connectivity index (χ4n) is 5.42. The average molecular weight is 454 g/mol. The molecule has 1 atom stereocenters. The summed E-state index contributed by atoms with van der Waals surface area (Å²) in [5.41, 5.74) is 3.19. The van der Waals surface area contributed by atoms with Gasteiger partial charge in [0.15, 0.2) is 6.10 Å². The Morgan fingerprint density at radius 1 is 0.882 bits per heavy atom. The molecule has 6 rings (SSSR count). The number of hydrogen-bond acceptors (Lipinski definition) is 2. The molecule has 4 nitrogen and oxygen atoms in total. The number of nitrogens with zero attached hydrogens (tertiary/aromatic N) is 2. The largest absolute Gasteiger partial charge is 0.440 e. The fourth-order valence-corrected chi connectivity index (χ4v) is 5.42. The van der Waals surface area contributed by atoms with Crippen LogP contribution in [0.3, 0.4) is 0 Å². The molecular formula is C30H33N2O2+. The Hall–Kier alpha value is -3.37. The van der Waals surface area contributed by atoms with E-state index in [1.807, 2.05) is 54.6 Å². The average Bonchev–Trinajstić information content (AvgIpc) is 2.89. The maximum Gasteiger partial charge on any atom is 0.415 e. The molecule has 2 bridgehead atoms. The molecular weight excluding hydrogens is 420 g/mol. The van der Waals surface area contributed by atoms with E-state index < -0.39 is 0 Å². The van der Waals surface area contributed by atoms with E-state index in [-0.39, 0.29) is 12.2 Å². The van der Waals surface area contributed by atoms with Crippen LogP contribution in [-0.4, -0.2) is 42.9 Å². The molecule has 3 aromatic carbocycles. The van der Waals surface area contributed by atoms with Crippen LogP contribution in [0.1, 0.15) is 24.0 Å². The number of carbonyl (C=O) groups is 1. The van der Waals surface area contributed by atoms with E-state index in [9.17, 15) is 4.79 Å². The number of piperidine rings is 3. The second kappa shape index (κ2) is 10.3. The van der Waals surface area contributed by atoms with Crippen molar-refractivity contribution in [2.24, 2.45) is 5.92 Å². The summed E-state index contributed by atoms with van der Waals surface area (Å²) in [5, 5.41) is 0. The Bertz CT molecular complexity index is 1090. The van der Waals surface area contributed by atoms with Gasteiger partial charge in [0, 0.05) is 24.4 Å². The molecule has 174 valence electrons. The normalized spacial score (nSPS) is 23.6. The van der Waals surface area contributed by atoms with Gasteiger partial charge in [-0.3, -0.25) is 4.90 Å². The lowest BCUT2D eigenvalue weighted by atomic mass is 9.83. The zero-order valence-electron chi connectivity index (χ0n) is 19.6. The number of hydrogen-bond donors (Lipinski definition) is 0. The summed E-state index contributed by atoms with van der Waals surface area (Å²) in [7, 11) is 0. The molecule has 0 N–H and O–H groups in total. The standard InChI is InChI=1S/C30H33N2O2/c33-30(31(28-16-8-3-9-17-28)23-26-13-6-2-7-14-26)34-29-24-32(21-18-27(29)19-22-32)20-10-15-25-11-4-1-5-12-25/h1-17,27,29H,18-24H2/q+1/b15-10+/t27?,29-,32?/m0/s1. The van der Waals surface area contributed by atoms with Gasteiger partial charge in [-0.15, -0.1) is 0 Å². The lowest BCUT2D eigenvalue weighted by Crippen LogP contribution is -2.64. The summed E-state index contributed by atoms with van der Waals surface area (Å²) in [4.78, 5) is 15.2. The van der Waals surface area contributed by atoms with E-state index in [1.54, 1.807) is 4.90 Å². The van der Waals surface area contributed by atoms with Crippen molar-refractivity contribution in [3.8, 4) is 0 Å². The van der Waals surface area contributed by atoms with Crippen LogP contribution in [0.4, 0.5) is 10.5 Å². The first-order valence-corrected chi connectivity index (χ1v) is 12.3. The van der Waals surface area contributed by atoms with E-state index in [1.165, 1.54) is 18.7 Å². The summed E-state index contributed by atoms with van der Waals surface area (Å²) in [5.74, 6) is 0.469. The number of carbonyl (C=O) groups excluding carboxylic acids is 1. The van der Waals surface area contributed by atoms with Crippen LogP contribution in [0.15, 0.2) is 97.1 Å². The van der Waals surface area contributed by atoms with Crippen LogP contribution in [-0.2, 0) is 11.3 Å². The number of fused-ring (bicyclic) bond motifs is 3. The van der Waals surface area contributed by atoms with Crippen LogP contribution in [0.25, 0.3) is 6.08 Å². The highest BCUT2D eigenvalue weighted by Gasteiger charge is 2.47. The lowest BCUT2D eigenvalue weighted by molar-refractivity contribution is -0.941. The molecule has 4 heteroatoms. The van der Waals surface area contributed by atoms with Gasteiger partial charge in [-0.05, 0) is 29.3 Å². The van der Waals surface area contributed by atoms with Gasteiger partial charge in [0.1, 0.15) is 6.54 Å². The van der Waals surface area contributed by atoms with Gasteiger partial charge < -0.3 is 9.22 Å². The Morgan fingerprint density at radius 2 is 1.50 bits per heavy atom. The highest BCUT2D eigenvalue weighted by atomic mass is 16.6. The molecule has 0 spiro atoms. The zero-order valence-corrected chi connectivity index (χ0v) is 19.6. The molecule has 34 heavy (non-hydrogen) atoms. The summed E-state index contributed by atoms with van der Waals surface area (Å²) >= 11 is 0. The van der Waals surface area contributed by atoms with Crippen molar-refractivity contribution in [1.82, 2.24) is 0 Å². The van der Waals surface area contributed by atoms with Crippen molar-refractivity contribution < 1.29 is 14.0 Å². The van der Waals surface area contributed by atoms with E-state index >= 15 is 0 Å². The Kier molecular flexibility index (Phi) is 6.77. The third-order valence-electron chi connectivity index (χ3n) is 7.37. The minimum Gasteiger partial charge on any atom is -0.440 e. The summed E-state index contributed by atoms with van der Waals surface area (Å²) < 4.78 is 7.27. The second-order valence-corrected chi connectivity index (χ2v) is 9.63. The SMILES string of the molecule is O=C(O[C@H]1C[N+]2(C/C=C/c3ccccc3)CCC1CC2)N(Cc1ccccc1)c1ccccc1. The molecule has 3 aliphatic heterocycles. The van der Waals surface area contributed by atoms with Crippen molar-refractivity contribution in [2.45, 2.75) is 25.5 Å². The maximum atomic E-state index is 13.5. The monoisotopic (exact) mass is 453 g/mol. The van der Waals surface area contributed by atoms with Gasteiger partial charge in [0.2, 0.25) is 0 Å². The van der Waals surface area contributed by atoms with Gasteiger partial charge in [0.05, 0.1) is 26.2 Å². The molecule has 3 heterocycles. The van der Waals surface area contributed by atoms with Crippen LogP contribution >= 0.6 is 0 Å². The number of ether oxygens (including phenoxy) is 1. The number of rotatable bonds is 7. The van der Waals surface area contributed by atoms with Gasteiger partial charge in [-0.25, -0.2) is 4.79 Å². The third-order valence-corrected chi connectivity index (χ3v) is 7.37. The molecule has 0 saturated carbocycles. The first-order chi connectivity index (χ1) is 16.7. The number of quaternary nitrogens is 1. The maximum absolute atomic E-state index is 13.5. The summed E-state index contributed by atoms with van der Waals surface area (Å²) in [6.07, 6.45) is 6.49. The first-order valence-electron chi connectivity index (χ1n) is 12.3. The molecule has 3 fully saturated rings. The van der Waals surface area contributed by atoms with Gasteiger partial charge in [0.25, 0.3) is 0 Å². The molecule has 0 unspecified atom stereocenters. The summed E-state index contributed by atoms with van der Waals surface area (Å²) in [6, 6.07) is 30.4. The summed E-state index contributed by atoms with van der Waals surface area (Å²) in [6.45, 7) is 4.74. The van der Waals surface area contributed by atoms with Crippen molar-refractivity contribution in [2.75, 3.05) is 31.1 Å². The smallest absolute Gasteiger partial charge is 0.415 e.